The quantitative estimate of drug-likeness (QED) is 0.449. The molecule has 2 aromatic carbocycles. The van der Waals surface area contributed by atoms with Crippen molar-refractivity contribution in [2.45, 2.75) is 0 Å². The molecule has 0 aliphatic heterocycles. The van der Waals surface area contributed by atoms with Crippen molar-refractivity contribution >= 4 is 44.4 Å². The molecule has 9 heteroatoms. The Morgan fingerprint density at radius 3 is 2.23 bits per heavy atom. The summed E-state index contributed by atoms with van der Waals surface area (Å²) in [7, 11) is 6.29. The molecule has 0 radical (unpaired) electrons. The number of likely N-dealkylation sites (N-methyl/N-ethyl adjacent to an activating group) is 1. The fourth-order valence-corrected chi connectivity index (χ4v) is 3.71. The number of halogens is 1. The Bertz CT molecular complexity index is 1040. The van der Waals surface area contributed by atoms with Crippen LogP contribution in [0, 0.1) is 0 Å². The Morgan fingerprint density at radius 2 is 1.67 bits per heavy atom. The van der Waals surface area contributed by atoms with Crippen molar-refractivity contribution in [3.8, 4) is 27.8 Å². The fraction of sp³-hybridized carbons (Fsp3) is 0.190. The van der Waals surface area contributed by atoms with Crippen LogP contribution in [0.4, 0.5) is 5.13 Å². The van der Waals surface area contributed by atoms with Crippen LogP contribution in [0.25, 0.3) is 16.6 Å². The minimum Gasteiger partial charge on any atom is -0.493 e. The van der Waals surface area contributed by atoms with Crippen LogP contribution >= 0.6 is 27.3 Å². The van der Waals surface area contributed by atoms with Crippen LogP contribution in [0.5, 0.6) is 17.2 Å². The lowest BCUT2D eigenvalue weighted by Crippen LogP contribution is -2.23. The highest BCUT2D eigenvalue weighted by Crippen LogP contribution is 2.38. The van der Waals surface area contributed by atoms with Gasteiger partial charge in [0.25, 0.3) is 5.91 Å². The maximum atomic E-state index is 12.6. The van der Waals surface area contributed by atoms with E-state index in [2.05, 4.69) is 26.1 Å². The monoisotopic (exact) mass is 489 g/mol. The minimum absolute atomic E-state index is 0.234. The number of methoxy groups -OCH3 is 3. The summed E-state index contributed by atoms with van der Waals surface area (Å²) in [5.41, 5.74) is 1.68. The zero-order valence-electron chi connectivity index (χ0n) is 16.9. The summed E-state index contributed by atoms with van der Waals surface area (Å²) in [6.07, 6.45) is 3.14. The van der Waals surface area contributed by atoms with Gasteiger partial charge in [0.05, 0.1) is 21.3 Å². The van der Waals surface area contributed by atoms with Crippen LogP contribution in [0.3, 0.4) is 0 Å². The molecule has 0 atom stereocenters. The molecule has 0 fully saturated rings. The molecule has 7 nitrogen and oxygen atoms in total. The van der Waals surface area contributed by atoms with Crippen LogP contribution in [0.15, 0.2) is 46.9 Å². The first-order chi connectivity index (χ1) is 14.5. The number of hydrogen-bond acceptors (Lipinski definition) is 7. The Hall–Kier alpha value is -2.91. The van der Waals surface area contributed by atoms with E-state index in [1.807, 2.05) is 24.3 Å². The second kappa shape index (κ2) is 9.73. The first kappa shape index (κ1) is 21.8. The zero-order chi connectivity index (χ0) is 21.7. The molecular weight excluding hydrogens is 470 g/mol. The van der Waals surface area contributed by atoms with Crippen molar-refractivity contribution in [2.75, 3.05) is 33.3 Å². The molecule has 0 saturated carbocycles. The van der Waals surface area contributed by atoms with Crippen LogP contribution in [-0.4, -0.2) is 44.5 Å². The Morgan fingerprint density at radius 1 is 1.03 bits per heavy atom. The lowest BCUT2D eigenvalue weighted by molar-refractivity contribution is -0.113. The molecule has 0 bridgehead atoms. The third kappa shape index (κ3) is 4.80. The van der Waals surface area contributed by atoms with Crippen molar-refractivity contribution in [1.82, 2.24) is 10.2 Å². The summed E-state index contributed by atoms with van der Waals surface area (Å²) in [4.78, 5) is 14.1. The molecule has 0 unspecified atom stereocenters. The van der Waals surface area contributed by atoms with Crippen molar-refractivity contribution in [2.24, 2.45) is 0 Å². The third-order valence-electron chi connectivity index (χ3n) is 4.23. The first-order valence-electron chi connectivity index (χ1n) is 8.82. The predicted octanol–water partition coefficient (Wildman–Crippen LogP) is 4.67. The van der Waals surface area contributed by atoms with Crippen LogP contribution in [0.1, 0.15) is 5.56 Å². The smallest absolute Gasteiger partial charge is 0.252 e. The fourth-order valence-electron chi connectivity index (χ4n) is 2.63. The van der Waals surface area contributed by atoms with Crippen molar-refractivity contribution < 1.29 is 19.0 Å². The number of benzene rings is 2. The number of aromatic nitrogens is 2. The molecule has 0 aliphatic carbocycles. The van der Waals surface area contributed by atoms with Gasteiger partial charge in [-0.05, 0) is 35.9 Å². The number of ether oxygens (including phenoxy) is 3. The number of carbonyl (C=O) groups excluding carboxylic acids is 1. The van der Waals surface area contributed by atoms with E-state index >= 15 is 0 Å². The second-order valence-electron chi connectivity index (χ2n) is 6.09. The number of carbonyl (C=O) groups is 1. The molecular formula is C21H20BrN3O4S. The number of nitrogens with zero attached hydrogens (tertiary/aromatic N) is 3. The topological polar surface area (TPSA) is 73.8 Å². The molecule has 156 valence electrons. The average molecular weight is 490 g/mol. The molecule has 0 N–H and O–H groups in total. The molecule has 1 heterocycles. The molecule has 0 spiro atoms. The van der Waals surface area contributed by atoms with Gasteiger partial charge in [-0.15, -0.1) is 10.2 Å². The number of hydrogen-bond donors (Lipinski definition) is 0. The van der Waals surface area contributed by atoms with Gasteiger partial charge in [-0.3, -0.25) is 9.69 Å². The highest BCUT2D eigenvalue weighted by molar-refractivity contribution is 9.10. The van der Waals surface area contributed by atoms with E-state index in [1.165, 1.54) is 22.3 Å². The molecule has 0 saturated heterocycles. The second-order valence-corrected chi connectivity index (χ2v) is 7.96. The van der Waals surface area contributed by atoms with E-state index in [4.69, 9.17) is 14.2 Å². The summed E-state index contributed by atoms with van der Waals surface area (Å²) in [5.74, 6) is 1.29. The third-order valence-corrected chi connectivity index (χ3v) is 5.81. The van der Waals surface area contributed by atoms with Crippen molar-refractivity contribution in [1.29, 1.82) is 0 Å². The summed E-state index contributed by atoms with van der Waals surface area (Å²) in [5, 5.41) is 9.58. The largest absolute Gasteiger partial charge is 0.493 e. The Labute approximate surface area is 187 Å². The van der Waals surface area contributed by atoms with Gasteiger partial charge in [-0.2, -0.15) is 0 Å². The van der Waals surface area contributed by atoms with Gasteiger partial charge in [0.15, 0.2) is 11.5 Å². The van der Waals surface area contributed by atoms with Crippen molar-refractivity contribution in [3.63, 3.8) is 0 Å². The summed E-state index contributed by atoms with van der Waals surface area (Å²) >= 11 is 4.76. The Balaban J connectivity index is 1.77. The van der Waals surface area contributed by atoms with Gasteiger partial charge < -0.3 is 14.2 Å². The number of rotatable bonds is 7. The lowest BCUT2D eigenvalue weighted by atomic mass is 10.1. The maximum absolute atomic E-state index is 12.6. The zero-order valence-corrected chi connectivity index (χ0v) is 19.3. The minimum atomic E-state index is -0.234. The summed E-state index contributed by atoms with van der Waals surface area (Å²) in [6.45, 7) is 0. The van der Waals surface area contributed by atoms with Crippen LogP contribution in [0.2, 0.25) is 0 Å². The normalized spacial score (nSPS) is 10.8. The van der Waals surface area contributed by atoms with E-state index in [0.717, 1.165) is 20.6 Å². The highest BCUT2D eigenvalue weighted by Gasteiger charge is 2.16. The standard InChI is InChI=1S/C21H20BrN3O4S/c1-25(21-24-23-20(30-21)14-6-8-15(22)9-7-14)18(26)10-5-13-11-16(27-2)19(29-4)17(12-13)28-3/h5-12H,1-4H3/b10-5+. The number of amides is 1. The van der Waals surface area contributed by atoms with Gasteiger partial charge in [0.2, 0.25) is 10.9 Å². The SMILES string of the molecule is COc1cc(/C=C/C(=O)N(C)c2nnc(-c3ccc(Br)cc3)s2)cc(OC)c1OC. The van der Waals surface area contributed by atoms with Gasteiger partial charge in [0, 0.05) is 23.2 Å². The van der Waals surface area contributed by atoms with E-state index in [-0.39, 0.29) is 5.91 Å². The molecule has 30 heavy (non-hydrogen) atoms. The van der Waals surface area contributed by atoms with Crippen molar-refractivity contribution in [3.05, 3.63) is 52.5 Å². The van der Waals surface area contributed by atoms with Crippen LogP contribution in [-0.2, 0) is 4.79 Å². The van der Waals surface area contributed by atoms with Gasteiger partial charge in [-0.25, -0.2) is 0 Å². The molecule has 3 aromatic rings. The highest BCUT2D eigenvalue weighted by atomic mass is 79.9. The molecule has 3 rings (SSSR count). The average Bonchev–Trinajstić information content (AvgIpc) is 3.26. The van der Waals surface area contributed by atoms with E-state index < -0.39 is 0 Å². The van der Waals surface area contributed by atoms with E-state index in [0.29, 0.717) is 22.4 Å². The first-order valence-corrected chi connectivity index (χ1v) is 10.4. The maximum Gasteiger partial charge on any atom is 0.252 e. The summed E-state index contributed by atoms with van der Waals surface area (Å²) < 4.78 is 17.0. The van der Waals surface area contributed by atoms with Gasteiger partial charge in [-0.1, -0.05) is 39.4 Å². The summed E-state index contributed by atoms with van der Waals surface area (Å²) in [6, 6.07) is 11.3. The van der Waals surface area contributed by atoms with E-state index in [9.17, 15) is 4.79 Å². The predicted molar refractivity (Wildman–Crippen MR) is 122 cm³/mol. The molecule has 1 aromatic heterocycles. The number of anilines is 1. The lowest BCUT2D eigenvalue weighted by Gasteiger charge is -2.13. The Kier molecular flexibility index (Phi) is 7.07. The molecule has 1 amide bonds. The molecule has 0 aliphatic rings. The van der Waals surface area contributed by atoms with Crippen LogP contribution < -0.4 is 19.1 Å². The van der Waals surface area contributed by atoms with Gasteiger partial charge >= 0.3 is 0 Å². The van der Waals surface area contributed by atoms with E-state index in [1.54, 1.807) is 46.6 Å². The van der Waals surface area contributed by atoms with Gasteiger partial charge in [0.1, 0.15) is 5.01 Å².